The lowest BCUT2D eigenvalue weighted by molar-refractivity contribution is -0.0263. The zero-order valence-electron chi connectivity index (χ0n) is 10.8. The lowest BCUT2D eigenvalue weighted by atomic mass is 9.97. The third-order valence-corrected chi connectivity index (χ3v) is 3.42. The van der Waals surface area contributed by atoms with Crippen LogP contribution in [0.3, 0.4) is 0 Å². The highest BCUT2D eigenvalue weighted by Crippen LogP contribution is 2.24. The van der Waals surface area contributed by atoms with Gasteiger partial charge in [-0.25, -0.2) is 9.78 Å². The number of aromatic nitrogens is 1. The fraction of sp³-hybridized carbons (Fsp3) is 0.538. The number of carboxylic acid groups (broad SMARTS) is 1. The Morgan fingerprint density at radius 1 is 1.63 bits per heavy atom. The van der Waals surface area contributed by atoms with E-state index in [1.165, 1.54) is 6.07 Å². The van der Waals surface area contributed by atoms with E-state index in [4.69, 9.17) is 9.84 Å². The highest BCUT2D eigenvalue weighted by atomic mass is 16.5. The van der Waals surface area contributed by atoms with Crippen LogP contribution in [-0.2, 0) is 11.3 Å². The summed E-state index contributed by atoms with van der Waals surface area (Å²) in [6.07, 6.45) is 0.405. The minimum Gasteiger partial charge on any atom is -0.477 e. The minimum absolute atomic E-state index is 0.0237. The molecule has 2 atom stereocenters. The number of hydrogen-bond acceptors (Lipinski definition) is 5. The molecule has 1 fully saturated rings. The first-order valence-electron chi connectivity index (χ1n) is 6.25. The van der Waals surface area contributed by atoms with E-state index in [1.807, 2.05) is 6.92 Å². The molecule has 1 aromatic heterocycles. The molecule has 1 aliphatic heterocycles. The Balaban J connectivity index is 1.89. The van der Waals surface area contributed by atoms with Crippen molar-refractivity contribution in [3.63, 3.8) is 0 Å². The predicted octanol–water partition coefficient (Wildman–Crippen LogP) is 0.409. The summed E-state index contributed by atoms with van der Waals surface area (Å²) in [5.41, 5.74) is -0.199. The smallest absolute Gasteiger partial charge is 0.354 e. The van der Waals surface area contributed by atoms with E-state index >= 15 is 0 Å². The van der Waals surface area contributed by atoms with Crippen molar-refractivity contribution in [2.75, 3.05) is 13.2 Å². The largest absolute Gasteiger partial charge is 0.477 e. The van der Waals surface area contributed by atoms with Gasteiger partial charge >= 0.3 is 5.97 Å². The average Bonchev–Trinajstić information content (AvgIpc) is 2.70. The summed E-state index contributed by atoms with van der Waals surface area (Å²) in [6, 6.07) is 4.85. The van der Waals surface area contributed by atoms with E-state index in [2.05, 4.69) is 10.3 Å². The van der Waals surface area contributed by atoms with Gasteiger partial charge in [-0.15, -0.1) is 0 Å². The Morgan fingerprint density at radius 3 is 3.05 bits per heavy atom. The van der Waals surface area contributed by atoms with Crippen LogP contribution < -0.4 is 5.32 Å². The topological polar surface area (TPSA) is 91.7 Å². The standard InChI is InChI=1S/C13H18N2O4/c1-9-13(18,5-6-19-9)8-14-7-10-3-2-4-11(15-10)12(16)17/h2-4,9,14,18H,5-8H2,1H3,(H,16,17). The molecule has 6 heteroatoms. The maximum absolute atomic E-state index is 10.8. The second-order valence-corrected chi connectivity index (χ2v) is 4.79. The van der Waals surface area contributed by atoms with Crippen LogP contribution in [0.25, 0.3) is 0 Å². The number of aromatic carboxylic acids is 1. The number of rotatable bonds is 5. The molecule has 1 aromatic rings. The van der Waals surface area contributed by atoms with Crippen LogP contribution in [0.15, 0.2) is 18.2 Å². The van der Waals surface area contributed by atoms with Crippen LogP contribution in [0, 0.1) is 0 Å². The first kappa shape index (κ1) is 13.9. The van der Waals surface area contributed by atoms with E-state index in [1.54, 1.807) is 12.1 Å². The normalized spacial score (nSPS) is 26.5. The van der Waals surface area contributed by atoms with Crippen molar-refractivity contribution in [2.24, 2.45) is 0 Å². The third kappa shape index (κ3) is 3.28. The number of carboxylic acids is 1. The minimum atomic E-state index is -1.04. The van der Waals surface area contributed by atoms with Crippen molar-refractivity contribution < 1.29 is 19.7 Å². The van der Waals surface area contributed by atoms with E-state index in [9.17, 15) is 9.90 Å². The van der Waals surface area contributed by atoms with Gasteiger partial charge in [0.1, 0.15) is 11.3 Å². The molecule has 19 heavy (non-hydrogen) atoms. The molecule has 0 aromatic carbocycles. The summed E-state index contributed by atoms with van der Waals surface area (Å²) in [4.78, 5) is 14.8. The van der Waals surface area contributed by atoms with Crippen LogP contribution >= 0.6 is 0 Å². The molecule has 1 aliphatic rings. The zero-order valence-corrected chi connectivity index (χ0v) is 10.8. The van der Waals surface area contributed by atoms with Crippen LogP contribution in [0.2, 0.25) is 0 Å². The maximum atomic E-state index is 10.8. The molecule has 2 rings (SSSR count). The van der Waals surface area contributed by atoms with Gasteiger partial charge in [-0.05, 0) is 19.1 Å². The fourth-order valence-corrected chi connectivity index (χ4v) is 2.11. The van der Waals surface area contributed by atoms with Gasteiger partial charge in [0, 0.05) is 26.1 Å². The molecular weight excluding hydrogens is 248 g/mol. The molecule has 0 radical (unpaired) electrons. The molecule has 0 aliphatic carbocycles. The predicted molar refractivity (Wildman–Crippen MR) is 67.9 cm³/mol. The van der Waals surface area contributed by atoms with Gasteiger partial charge in [0.2, 0.25) is 0 Å². The molecule has 2 unspecified atom stereocenters. The highest BCUT2D eigenvalue weighted by Gasteiger charge is 2.38. The number of pyridine rings is 1. The van der Waals surface area contributed by atoms with Gasteiger partial charge in [-0.2, -0.15) is 0 Å². The lowest BCUT2D eigenvalue weighted by Gasteiger charge is -2.26. The summed E-state index contributed by atoms with van der Waals surface area (Å²) in [7, 11) is 0. The van der Waals surface area contributed by atoms with Gasteiger partial charge in [0.05, 0.1) is 11.8 Å². The Morgan fingerprint density at radius 2 is 2.42 bits per heavy atom. The summed E-state index contributed by atoms with van der Waals surface area (Å²) in [5.74, 6) is -1.04. The molecule has 0 saturated carbocycles. The monoisotopic (exact) mass is 266 g/mol. The number of carbonyl (C=O) groups is 1. The Hall–Kier alpha value is -1.50. The van der Waals surface area contributed by atoms with Crippen molar-refractivity contribution in [2.45, 2.75) is 31.6 Å². The van der Waals surface area contributed by atoms with Crippen LogP contribution in [0.1, 0.15) is 29.5 Å². The molecule has 0 amide bonds. The lowest BCUT2D eigenvalue weighted by Crippen LogP contribution is -2.45. The summed E-state index contributed by atoms with van der Waals surface area (Å²) in [6.45, 7) is 3.22. The second kappa shape index (κ2) is 5.64. The average molecular weight is 266 g/mol. The molecule has 3 N–H and O–H groups in total. The molecule has 1 saturated heterocycles. The van der Waals surface area contributed by atoms with Crippen LogP contribution in [0.4, 0.5) is 0 Å². The third-order valence-electron chi connectivity index (χ3n) is 3.42. The number of nitrogens with zero attached hydrogens (tertiary/aromatic N) is 1. The fourth-order valence-electron chi connectivity index (χ4n) is 2.11. The summed E-state index contributed by atoms with van der Waals surface area (Å²) >= 11 is 0. The van der Waals surface area contributed by atoms with Gasteiger partial charge in [-0.3, -0.25) is 0 Å². The van der Waals surface area contributed by atoms with Crippen molar-refractivity contribution in [3.05, 3.63) is 29.6 Å². The van der Waals surface area contributed by atoms with E-state index < -0.39 is 11.6 Å². The first-order valence-corrected chi connectivity index (χ1v) is 6.25. The number of ether oxygens (including phenoxy) is 1. The molecule has 104 valence electrons. The SMILES string of the molecule is CC1OCCC1(O)CNCc1cccc(C(=O)O)n1. The number of hydrogen-bond donors (Lipinski definition) is 3. The number of aliphatic hydroxyl groups is 1. The van der Waals surface area contributed by atoms with Gasteiger partial charge in [0.15, 0.2) is 0 Å². The highest BCUT2D eigenvalue weighted by molar-refractivity contribution is 5.85. The maximum Gasteiger partial charge on any atom is 0.354 e. The molecule has 0 spiro atoms. The zero-order chi connectivity index (χ0) is 13.9. The Bertz CT molecular complexity index is 466. The van der Waals surface area contributed by atoms with Crippen molar-refractivity contribution in [3.8, 4) is 0 Å². The van der Waals surface area contributed by atoms with Crippen molar-refractivity contribution in [1.82, 2.24) is 10.3 Å². The van der Waals surface area contributed by atoms with Gasteiger partial charge in [0.25, 0.3) is 0 Å². The molecule has 0 bridgehead atoms. The van der Waals surface area contributed by atoms with E-state index in [-0.39, 0.29) is 11.8 Å². The van der Waals surface area contributed by atoms with Gasteiger partial charge in [-0.1, -0.05) is 6.07 Å². The van der Waals surface area contributed by atoms with E-state index in [0.29, 0.717) is 31.8 Å². The second-order valence-electron chi connectivity index (χ2n) is 4.79. The first-order chi connectivity index (χ1) is 9.01. The summed E-state index contributed by atoms with van der Waals surface area (Å²) in [5, 5.41) is 22.2. The Kier molecular flexibility index (Phi) is 4.14. The molecular formula is C13H18N2O4. The van der Waals surface area contributed by atoms with Gasteiger partial charge < -0.3 is 20.3 Å². The quantitative estimate of drug-likeness (QED) is 0.715. The number of nitrogens with one attached hydrogen (secondary N) is 1. The van der Waals surface area contributed by atoms with Crippen molar-refractivity contribution >= 4 is 5.97 Å². The molecule has 6 nitrogen and oxygen atoms in total. The van der Waals surface area contributed by atoms with Crippen molar-refractivity contribution in [1.29, 1.82) is 0 Å². The Labute approximate surface area is 111 Å². The van der Waals surface area contributed by atoms with Crippen LogP contribution in [-0.4, -0.2) is 46.0 Å². The summed E-state index contributed by atoms with van der Waals surface area (Å²) < 4.78 is 5.34. The molecule has 2 heterocycles. The van der Waals surface area contributed by atoms with Crippen LogP contribution in [0.5, 0.6) is 0 Å². The van der Waals surface area contributed by atoms with E-state index in [0.717, 1.165) is 0 Å².